The van der Waals surface area contributed by atoms with Crippen LogP contribution in [0.5, 0.6) is 0 Å². The van der Waals surface area contributed by atoms with Gasteiger partial charge in [-0.3, -0.25) is 4.98 Å². The summed E-state index contributed by atoms with van der Waals surface area (Å²) in [7, 11) is 1.93. The molecule has 2 nitrogen and oxygen atoms in total. The number of hydrogen-bond acceptors (Lipinski definition) is 2. The van der Waals surface area contributed by atoms with Gasteiger partial charge in [-0.05, 0) is 54.4 Å². The molecule has 0 bridgehead atoms. The highest BCUT2D eigenvalue weighted by atomic mass is 35.5. The Morgan fingerprint density at radius 3 is 2.76 bits per heavy atom. The van der Waals surface area contributed by atoms with E-state index in [1.165, 1.54) is 22.3 Å². The molecule has 0 amide bonds. The average molecular weight is 247 g/mol. The Hall–Kier alpha value is -1.38. The molecule has 88 valence electrons. The molecule has 0 saturated carbocycles. The Kier molecular flexibility index (Phi) is 3.77. The Morgan fingerprint density at radius 2 is 2.06 bits per heavy atom. The number of nitrogens with zero attached hydrogens (tertiary/aromatic N) is 1. The predicted octanol–water partition coefficient (Wildman–Crippen LogP) is 3.43. The maximum Gasteiger partial charge on any atom is 0.0409 e. The lowest BCUT2D eigenvalue weighted by Crippen LogP contribution is -2.06. The first-order valence-corrected chi connectivity index (χ1v) is 5.94. The van der Waals surface area contributed by atoms with Crippen molar-refractivity contribution >= 4 is 11.6 Å². The van der Waals surface area contributed by atoms with E-state index in [2.05, 4.69) is 23.3 Å². The van der Waals surface area contributed by atoms with E-state index in [1.807, 2.05) is 37.6 Å². The van der Waals surface area contributed by atoms with Gasteiger partial charge in [-0.1, -0.05) is 17.7 Å². The normalized spacial score (nSPS) is 10.5. The Bertz CT molecular complexity index is 523. The fraction of sp³-hybridized carbons (Fsp3) is 0.214. The van der Waals surface area contributed by atoms with Gasteiger partial charge in [0.15, 0.2) is 0 Å². The fourth-order valence-corrected chi connectivity index (χ4v) is 2.13. The van der Waals surface area contributed by atoms with Crippen molar-refractivity contribution in [1.29, 1.82) is 0 Å². The molecule has 1 N–H and O–H groups in total. The van der Waals surface area contributed by atoms with Gasteiger partial charge in [-0.15, -0.1) is 0 Å². The van der Waals surface area contributed by atoms with E-state index < -0.39 is 0 Å². The predicted molar refractivity (Wildman–Crippen MR) is 72.2 cm³/mol. The number of nitrogens with one attached hydrogen (secondary N) is 1. The van der Waals surface area contributed by atoms with Crippen LogP contribution in [0.25, 0.3) is 11.1 Å². The third-order valence-corrected chi connectivity index (χ3v) is 2.98. The summed E-state index contributed by atoms with van der Waals surface area (Å²) in [5, 5.41) is 3.94. The van der Waals surface area contributed by atoms with Gasteiger partial charge in [0.05, 0.1) is 0 Å². The molecule has 2 rings (SSSR count). The molecular weight excluding hydrogens is 232 g/mol. The van der Waals surface area contributed by atoms with Crippen molar-refractivity contribution in [2.45, 2.75) is 13.5 Å². The van der Waals surface area contributed by atoms with Crippen LogP contribution < -0.4 is 5.32 Å². The third-order valence-electron chi connectivity index (χ3n) is 2.74. The Morgan fingerprint density at radius 1 is 1.24 bits per heavy atom. The minimum Gasteiger partial charge on any atom is -0.316 e. The van der Waals surface area contributed by atoms with Crippen LogP contribution in [0.15, 0.2) is 36.7 Å². The lowest BCUT2D eigenvalue weighted by molar-refractivity contribution is 0.819. The first kappa shape index (κ1) is 12.1. The zero-order chi connectivity index (χ0) is 12.3. The summed E-state index contributed by atoms with van der Waals surface area (Å²) in [5.74, 6) is 0. The van der Waals surface area contributed by atoms with Crippen LogP contribution >= 0.6 is 11.6 Å². The van der Waals surface area contributed by atoms with Crippen LogP contribution in [0, 0.1) is 6.92 Å². The molecule has 0 saturated heterocycles. The molecule has 0 fully saturated rings. The smallest absolute Gasteiger partial charge is 0.0409 e. The second-order valence-corrected chi connectivity index (χ2v) is 4.46. The lowest BCUT2D eigenvalue weighted by atomic mass is 9.97. The molecule has 2 aromatic rings. The second kappa shape index (κ2) is 5.30. The maximum absolute atomic E-state index is 6.04. The van der Waals surface area contributed by atoms with Crippen molar-refractivity contribution in [2.24, 2.45) is 0 Å². The fourth-order valence-electron chi connectivity index (χ4n) is 1.94. The first-order chi connectivity index (χ1) is 8.22. The Labute approximate surface area is 107 Å². The highest BCUT2D eigenvalue weighted by Crippen LogP contribution is 2.28. The van der Waals surface area contributed by atoms with E-state index in [9.17, 15) is 0 Å². The van der Waals surface area contributed by atoms with Crippen LogP contribution in [0.2, 0.25) is 5.02 Å². The topological polar surface area (TPSA) is 24.9 Å². The summed E-state index contributed by atoms with van der Waals surface area (Å²) in [4.78, 5) is 4.12. The molecule has 0 atom stereocenters. The first-order valence-electron chi connectivity index (χ1n) is 5.56. The highest BCUT2D eigenvalue weighted by Gasteiger charge is 2.07. The van der Waals surface area contributed by atoms with Crippen molar-refractivity contribution in [3.8, 4) is 11.1 Å². The highest BCUT2D eigenvalue weighted by molar-refractivity contribution is 6.30. The lowest BCUT2D eigenvalue weighted by Gasteiger charge is -2.12. The summed E-state index contributed by atoms with van der Waals surface area (Å²) in [6.45, 7) is 2.87. The summed E-state index contributed by atoms with van der Waals surface area (Å²) >= 11 is 6.04. The van der Waals surface area contributed by atoms with E-state index in [-0.39, 0.29) is 0 Å². The quantitative estimate of drug-likeness (QED) is 0.898. The number of hydrogen-bond donors (Lipinski definition) is 1. The monoisotopic (exact) mass is 246 g/mol. The van der Waals surface area contributed by atoms with Gasteiger partial charge in [0.2, 0.25) is 0 Å². The number of aryl methyl sites for hydroxylation is 1. The zero-order valence-corrected chi connectivity index (χ0v) is 10.8. The minimum absolute atomic E-state index is 0.769. The van der Waals surface area contributed by atoms with Crippen molar-refractivity contribution in [1.82, 2.24) is 10.3 Å². The van der Waals surface area contributed by atoms with Crippen molar-refractivity contribution in [3.05, 3.63) is 52.8 Å². The number of benzene rings is 1. The molecule has 0 aliphatic carbocycles. The van der Waals surface area contributed by atoms with Crippen LogP contribution in [0.1, 0.15) is 11.1 Å². The van der Waals surface area contributed by atoms with Gasteiger partial charge in [0.25, 0.3) is 0 Å². The molecule has 0 aliphatic heterocycles. The second-order valence-electron chi connectivity index (χ2n) is 4.02. The molecule has 0 unspecified atom stereocenters. The summed E-state index contributed by atoms with van der Waals surface area (Å²) in [6.07, 6.45) is 3.70. The third kappa shape index (κ3) is 2.65. The molecule has 17 heavy (non-hydrogen) atoms. The summed E-state index contributed by atoms with van der Waals surface area (Å²) in [5.41, 5.74) is 4.80. The summed E-state index contributed by atoms with van der Waals surface area (Å²) < 4.78 is 0. The van der Waals surface area contributed by atoms with Crippen LogP contribution in [0.4, 0.5) is 0 Å². The number of aromatic nitrogens is 1. The van der Waals surface area contributed by atoms with Gasteiger partial charge in [0.1, 0.15) is 0 Å². The standard InChI is InChI=1S/C14H15ClN2/c1-10-8-17-6-5-13(10)14-4-3-12(15)7-11(14)9-16-2/h3-8,16H,9H2,1-2H3. The van der Waals surface area contributed by atoms with Crippen molar-refractivity contribution < 1.29 is 0 Å². The Balaban J connectivity index is 2.55. The van der Waals surface area contributed by atoms with E-state index in [0.29, 0.717) is 0 Å². The largest absolute Gasteiger partial charge is 0.316 e. The minimum atomic E-state index is 0.769. The molecule has 1 aromatic carbocycles. The van der Waals surface area contributed by atoms with E-state index in [1.54, 1.807) is 0 Å². The average Bonchev–Trinajstić information content (AvgIpc) is 2.31. The molecular formula is C14H15ClN2. The van der Waals surface area contributed by atoms with Gasteiger partial charge in [-0.25, -0.2) is 0 Å². The van der Waals surface area contributed by atoms with Crippen LogP contribution in [-0.2, 0) is 6.54 Å². The van der Waals surface area contributed by atoms with Crippen LogP contribution in [0.3, 0.4) is 0 Å². The molecule has 1 aromatic heterocycles. The summed E-state index contributed by atoms with van der Waals surface area (Å²) in [6, 6.07) is 8.04. The SMILES string of the molecule is CNCc1cc(Cl)ccc1-c1ccncc1C. The van der Waals surface area contributed by atoms with Gasteiger partial charge < -0.3 is 5.32 Å². The maximum atomic E-state index is 6.04. The van der Waals surface area contributed by atoms with Gasteiger partial charge in [-0.2, -0.15) is 0 Å². The van der Waals surface area contributed by atoms with E-state index in [0.717, 1.165) is 11.6 Å². The van der Waals surface area contributed by atoms with Crippen molar-refractivity contribution in [2.75, 3.05) is 7.05 Å². The van der Waals surface area contributed by atoms with E-state index in [4.69, 9.17) is 11.6 Å². The number of pyridine rings is 1. The van der Waals surface area contributed by atoms with Gasteiger partial charge >= 0.3 is 0 Å². The molecule has 0 radical (unpaired) electrons. The van der Waals surface area contributed by atoms with Crippen molar-refractivity contribution in [3.63, 3.8) is 0 Å². The molecule has 0 aliphatic rings. The molecule has 0 spiro atoms. The van der Waals surface area contributed by atoms with Crippen LogP contribution in [-0.4, -0.2) is 12.0 Å². The molecule has 3 heteroatoms. The molecule has 1 heterocycles. The number of rotatable bonds is 3. The zero-order valence-electron chi connectivity index (χ0n) is 10.00. The van der Waals surface area contributed by atoms with Gasteiger partial charge in [0, 0.05) is 24.0 Å². The number of halogens is 1. The van der Waals surface area contributed by atoms with E-state index >= 15 is 0 Å².